The van der Waals surface area contributed by atoms with Crippen molar-refractivity contribution in [2.45, 2.75) is 57.0 Å². The van der Waals surface area contributed by atoms with Gasteiger partial charge in [-0.2, -0.15) is 0 Å². The first kappa shape index (κ1) is 22.8. The molecule has 7 heteroatoms. The molecule has 2 amide bonds. The Kier molecular flexibility index (Phi) is 6.40. The average Bonchev–Trinajstić information content (AvgIpc) is 3.11. The van der Waals surface area contributed by atoms with E-state index in [0.29, 0.717) is 13.0 Å². The highest BCUT2D eigenvalue weighted by Gasteiger charge is 2.44. The molecule has 1 fully saturated rings. The number of amides is 2. The summed E-state index contributed by atoms with van der Waals surface area (Å²) in [7, 11) is 0. The van der Waals surface area contributed by atoms with Crippen LogP contribution in [0.4, 0.5) is 4.79 Å². The van der Waals surface area contributed by atoms with Crippen molar-refractivity contribution in [2.75, 3.05) is 13.2 Å². The zero-order valence-electron chi connectivity index (χ0n) is 19.0. The quantitative estimate of drug-likeness (QED) is 0.689. The van der Waals surface area contributed by atoms with E-state index >= 15 is 0 Å². The van der Waals surface area contributed by atoms with Gasteiger partial charge in [-0.3, -0.25) is 4.79 Å². The van der Waals surface area contributed by atoms with Crippen molar-refractivity contribution in [2.24, 2.45) is 0 Å². The van der Waals surface area contributed by atoms with Crippen LogP contribution in [-0.4, -0.2) is 52.7 Å². The summed E-state index contributed by atoms with van der Waals surface area (Å²) >= 11 is 0. The molecule has 33 heavy (non-hydrogen) atoms. The SMILES string of the molecule is CC(CC(=O)N1CCCCC1(C)C(=O)O)NC(=O)OCC1c2ccccc2-c2ccccc21. The second-order valence-corrected chi connectivity index (χ2v) is 9.16. The second-order valence-electron chi connectivity index (χ2n) is 9.16. The van der Waals surface area contributed by atoms with Gasteiger partial charge in [0.05, 0.1) is 0 Å². The molecule has 0 aromatic heterocycles. The van der Waals surface area contributed by atoms with Gasteiger partial charge in [0.2, 0.25) is 5.91 Å². The van der Waals surface area contributed by atoms with E-state index in [2.05, 4.69) is 29.6 Å². The highest BCUT2D eigenvalue weighted by atomic mass is 16.5. The number of nitrogens with zero attached hydrogens (tertiary/aromatic N) is 1. The third-order valence-corrected chi connectivity index (χ3v) is 6.84. The van der Waals surface area contributed by atoms with Crippen molar-refractivity contribution < 1.29 is 24.2 Å². The number of likely N-dealkylation sites (tertiary alicyclic amines) is 1. The van der Waals surface area contributed by atoms with Crippen molar-refractivity contribution in [3.05, 3.63) is 59.7 Å². The average molecular weight is 451 g/mol. The van der Waals surface area contributed by atoms with Crippen molar-refractivity contribution in [1.82, 2.24) is 10.2 Å². The fourth-order valence-corrected chi connectivity index (χ4v) is 5.01. The second kappa shape index (κ2) is 9.25. The van der Waals surface area contributed by atoms with Gasteiger partial charge < -0.3 is 20.1 Å². The minimum atomic E-state index is -1.20. The maximum atomic E-state index is 12.8. The van der Waals surface area contributed by atoms with E-state index in [1.807, 2.05) is 24.3 Å². The Labute approximate surface area is 193 Å². The Bertz CT molecular complexity index is 1020. The van der Waals surface area contributed by atoms with Crippen LogP contribution in [0, 0.1) is 0 Å². The summed E-state index contributed by atoms with van der Waals surface area (Å²) in [5, 5.41) is 12.3. The fraction of sp³-hybridized carbons (Fsp3) is 0.423. The predicted molar refractivity (Wildman–Crippen MR) is 124 cm³/mol. The van der Waals surface area contributed by atoms with E-state index < -0.39 is 23.6 Å². The van der Waals surface area contributed by atoms with E-state index in [1.54, 1.807) is 13.8 Å². The number of hydrogen-bond acceptors (Lipinski definition) is 4. The summed E-state index contributed by atoms with van der Waals surface area (Å²) in [6.45, 7) is 3.93. The van der Waals surface area contributed by atoms with Crippen LogP contribution < -0.4 is 5.32 Å². The van der Waals surface area contributed by atoms with Crippen LogP contribution >= 0.6 is 0 Å². The Morgan fingerprint density at radius 1 is 1.09 bits per heavy atom. The topological polar surface area (TPSA) is 95.9 Å². The summed E-state index contributed by atoms with van der Waals surface area (Å²) in [6.07, 6.45) is 1.43. The number of nitrogens with one attached hydrogen (secondary N) is 1. The van der Waals surface area contributed by atoms with E-state index in [1.165, 1.54) is 4.90 Å². The van der Waals surface area contributed by atoms with Crippen molar-refractivity contribution in [1.29, 1.82) is 0 Å². The first-order valence-corrected chi connectivity index (χ1v) is 11.5. The lowest BCUT2D eigenvalue weighted by atomic mass is 9.88. The number of carbonyl (C=O) groups is 3. The monoisotopic (exact) mass is 450 g/mol. The molecule has 7 nitrogen and oxygen atoms in total. The molecule has 0 saturated carbocycles. The van der Waals surface area contributed by atoms with Gasteiger partial charge in [0, 0.05) is 24.9 Å². The summed E-state index contributed by atoms with van der Waals surface area (Å²) in [6, 6.07) is 15.8. The van der Waals surface area contributed by atoms with Gasteiger partial charge in [-0.25, -0.2) is 9.59 Å². The third-order valence-electron chi connectivity index (χ3n) is 6.84. The zero-order valence-corrected chi connectivity index (χ0v) is 19.0. The maximum absolute atomic E-state index is 12.8. The molecule has 1 heterocycles. The largest absolute Gasteiger partial charge is 0.480 e. The summed E-state index contributed by atoms with van der Waals surface area (Å²) in [5.74, 6) is -1.30. The van der Waals surface area contributed by atoms with Crippen molar-refractivity contribution in [3.8, 4) is 11.1 Å². The number of alkyl carbamates (subject to hydrolysis) is 1. The number of hydrogen-bond donors (Lipinski definition) is 2. The minimum absolute atomic E-state index is 0.0209. The molecule has 2 atom stereocenters. The summed E-state index contributed by atoms with van der Waals surface area (Å²) in [4.78, 5) is 38.5. The molecule has 0 radical (unpaired) electrons. The molecule has 0 bridgehead atoms. The normalized spacial score (nSPS) is 20.5. The lowest BCUT2D eigenvalue weighted by Gasteiger charge is -2.42. The van der Waals surface area contributed by atoms with Crippen molar-refractivity contribution in [3.63, 3.8) is 0 Å². The van der Waals surface area contributed by atoms with Gasteiger partial charge in [-0.1, -0.05) is 48.5 Å². The molecular weight excluding hydrogens is 420 g/mol. The van der Waals surface area contributed by atoms with Gasteiger partial charge >= 0.3 is 12.1 Å². The molecule has 1 aliphatic heterocycles. The first-order chi connectivity index (χ1) is 15.8. The molecule has 2 N–H and O–H groups in total. The summed E-state index contributed by atoms with van der Waals surface area (Å²) < 4.78 is 5.55. The smallest absolute Gasteiger partial charge is 0.407 e. The molecule has 2 aromatic carbocycles. The molecular formula is C26H30N2O5. The molecule has 2 unspecified atom stereocenters. The van der Waals surface area contributed by atoms with E-state index in [0.717, 1.165) is 35.1 Å². The van der Waals surface area contributed by atoms with Gasteiger partial charge in [0.1, 0.15) is 12.1 Å². The van der Waals surface area contributed by atoms with Crippen molar-refractivity contribution >= 4 is 18.0 Å². The minimum Gasteiger partial charge on any atom is -0.480 e. The Morgan fingerprint density at radius 3 is 2.30 bits per heavy atom. The van der Waals surface area contributed by atoms with E-state index in [4.69, 9.17) is 4.74 Å². The van der Waals surface area contributed by atoms with Crippen LogP contribution in [0.15, 0.2) is 48.5 Å². The maximum Gasteiger partial charge on any atom is 0.407 e. The highest BCUT2D eigenvalue weighted by Crippen LogP contribution is 2.44. The fourth-order valence-electron chi connectivity index (χ4n) is 5.01. The Morgan fingerprint density at radius 2 is 1.70 bits per heavy atom. The number of rotatable bonds is 6. The number of fused-ring (bicyclic) bond motifs is 3. The molecule has 1 aliphatic carbocycles. The highest BCUT2D eigenvalue weighted by molar-refractivity contribution is 5.87. The van der Waals surface area contributed by atoms with Gasteiger partial charge in [0.25, 0.3) is 0 Å². The van der Waals surface area contributed by atoms with Gasteiger partial charge in [0.15, 0.2) is 0 Å². The number of carboxylic acid groups (broad SMARTS) is 1. The van der Waals surface area contributed by atoms with E-state index in [9.17, 15) is 19.5 Å². The number of aliphatic carboxylic acids is 1. The number of benzene rings is 2. The molecule has 4 rings (SSSR count). The lowest BCUT2D eigenvalue weighted by molar-refractivity contribution is -0.161. The Balaban J connectivity index is 1.34. The van der Waals surface area contributed by atoms with Gasteiger partial charge in [-0.05, 0) is 55.4 Å². The molecule has 1 saturated heterocycles. The van der Waals surface area contributed by atoms with Crippen LogP contribution in [0.2, 0.25) is 0 Å². The first-order valence-electron chi connectivity index (χ1n) is 11.5. The van der Waals surface area contributed by atoms with Crippen LogP contribution in [0.5, 0.6) is 0 Å². The predicted octanol–water partition coefficient (Wildman–Crippen LogP) is 4.16. The lowest BCUT2D eigenvalue weighted by Crippen LogP contribution is -2.58. The number of piperidine rings is 1. The van der Waals surface area contributed by atoms with E-state index in [-0.39, 0.29) is 24.9 Å². The molecule has 2 aromatic rings. The molecule has 0 spiro atoms. The van der Waals surface area contributed by atoms with Crippen LogP contribution in [0.25, 0.3) is 11.1 Å². The third kappa shape index (κ3) is 4.45. The standard InChI is InChI=1S/C26H30N2O5/c1-17(15-23(29)28-14-8-7-13-26(28,2)24(30)31)27-25(32)33-16-22-20-11-5-3-9-18(20)19-10-4-6-12-21(19)22/h3-6,9-12,17,22H,7-8,13-16H2,1-2H3,(H,27,32)(H,30,31). The summed E-state index contributed by atoms with van der Waals surface area (Å²) in [5.41, 5.74) is 3.38. The van der Waals surface area contributed by atoms with Crippen LogP contribution in [0.3, 0.4) is 0 Å². The Hall–Kier alpha value is -3.35. The van der Waals surface area contributed by atoms with Crippen LogP contribution in [0.1, 0.15) is 56.6 Å². The zero-order chi connectivity index (χ0) is 23.6. The van der Waals surface area contributed by atoms with Gasteiger partial charge in [-0.15, -0.1) is 0 Å². The number of carboxylic acids is 1. The molecule has 2 aliphatic rings. The van der Waals surface area contributed by atoms with Crippen LogP contribution in [-0.2, 0) is 14.3 Å². The number of ether oxygens (including phenoxy) is 1. The number of carbonyl (C=O) groups excluding carboxylic acids is 2. The molecule has 174 valence electrons.